The first kappa shape index (κ1) is 11.4. The third-order valence-electron chi connectivity index (χ3n) is 1.75. The lowest BCUT2D eigenvalue weighted by Gasteiger charge is -1.96. The maximum Gasteiger partial charge on any atom is 0.240 e. The Kier molecular flexibility index (Phi) is 4.47. The third kappa shape index (κ3) is 4.35. The van der Waals surface area contributed by atoms with E-state index in [1.165, 1.54) is 18.3 Å². The van der Waals surface area contributed by atoms with Crippen LogP contribution in [-0.4, -0.2) is 12.1 Å². The van der Waals surface area contributed by atoms with Crippen molar-refractivity contribution in [2.24, 2.45) is 5.10 Å². The first-order valence-corrected chi connectivity index (χ1v) is 4.80. The number of carbonyl (C=O) groups is 1. The summed E-state index contributed by atoms with van der Waals surface area (Å²) in [7, 11) is 0. The fourth-order valence-electron chi connectivity index (χ4n) is 1.01. The molecule has 15 heavy (non-hydrogen) atoms. The van der Waals surface area contributed by atoms with E-state index in [1.54, 1.807) is 12.1 Å². The lowest BCUT2D eigenvalue weighted by atomic mass is 10.2. The molecule has 0 aliphatic carbocycles. The highest BCUT2D eigenvalue weighted by atomic mass is 19.1. The molecule has 0 aliphatic rings. The van der Waals surface area contributed by atoms with E-state index in [-0.39, 0.29) is 11.7 Å². The summed E-state index contributed by atoms with van der Waals surface area (Å²) in [5.41, 5.74) is 3.13. The van der Waals surface area contributed by atoms with Crippen molar-refractivity contribution in [2.45, 2.75) is 19.8 Å². The average molecular weight is 208 g/mol. The minimum Gasteiger partial charge on any atom is -0.273 e. The number of benzene rings is 1. The molecule has 0 heterocycles. The largest absolute Gasteiger partial charge is 0.273 e. The van der Waals surface area contributed by atoms with Crippen molar-refractivity contribution in [3.05, 3.63) is 35.6 Å². The van der Waals surface area contributed by atoms with E-state index in [1.807, 2.05) is 6.92 Å². The number of nitrogens with zero attached hydrogens (tertiary/aromatic N) is 1. The molecule has 0 aromatic heterocycles. The van der Waals surface area contributed by atoms with Gasteiger partial charge in [-0.15, -0.1) is 0 Å². The summed E-state index contributed by atoms with van der Waals surface area (Å²) in [6.07, 6.45) is 2.73. The van der Waals surface area contributed by atoms with Crippen LogP contribution in [0, 0.1) is 5.82 Å². The molecule has 0 saturated carbocycles. The van der Waals surface area contributed by atoms with Gasteiger partial charge in [-0.2, -0.15) is 5.10 Å². The fraction of sp³-hybridized carbons (Fsp3) is 0.273. The molecule has 1 amide bonds. The summed E-state index contributed by atoms with van der Waals surface area (Å²) >= 11 is 0. The molecule has 0 saturated heterocycles. The monoisotopic (exact) mass is 208 g/mol. The van der Waals surface area contributed by atoms with Crippen molar-refractivity contribution in [1.29, 1.82) is 0 Å². The van der Waals surface area contributed by atoms with E-state index in [2.05, 4.69) is 10.5 Å². The smallest absolute Gasteiger partial charge is 0.240 e. The molecule has 1 N–H and O–H groups in total. The zero-order valence-corrected chi connectivity index (χ0v) is 8.53. The molecule has 3 nitrogen and oxygen atoms in total. The third-order valence-corrected chi connectivity index (χ3v) is 1.75. The lowest BCUT2D eigenvalue weighted by molar-refractivity contribution is -0.121. The predicted octanol–water partition coefficient (Wildman–Crippen LogP) is 2.08. The van der Waals surface area contributed by atoms with Gasteiger partial charge in [-0.25, -0.2) is 9.82 Å². The summed E-state index contributed by atoms with van der Waals surface area (Å²) < 4.78 is 12.5. The van der Waals surface area contributed by atoms with Crippen LogP contribution in [-0.2, 0) is 4.79 Å². The van der Waals surface area contributed by atoms with Crippen LogP contribution in [0.4, 0.5) is 4.39 Å². The first-order valence-electron chi connectivity index (χ1n) is 4.80. The quantitative estimate of drug-likeness (QED) is 0.597. The minimum atomic E-state index is -0.290. The van der Waals surface area contributed by atoms with Crippen molar-refractivity contribution >= 4 is 12.1 Å². The zero-order valence-electron chi connectivity index (χ0n) is 8.53. The van der Waals surface area contributed by atoms with Gasteiger partial charge in [-0.05, 0) is 24.1 Å². The highest BCUT2D eigenvalue weighted by Gasteiger charge is 1.95. The van der Waals surface area contributed by atoms with E-state index >= 15 is 0 Å². The van der Waals surface area contributed by atoms with Crippen molar-refractivity contribution in [2.75, 3.05) is 0 Å². The maximum absolute atomic E-state index is 12.5. The Hall–Kier alpha value is -1.71. The molecule has 0 aliphatic heterocycles. The lowest BCUT2D eigenvalue weighted by Crippen LogP contribution is -2.16. The molecular formula is C11H13FN2O. The number of carbonyl (C=O) groups excluding carboxylic acids is 1. The highest BCUT2D eigenvalue weighted by Crippen LogP contribution is 1.99. The Morgan fingerprint density at radius 1 is 1.47 bits per heavy atom. The second-order valence-corrected chi connectivity index (χ2v) is 3.09. The van der Waals surface area contributed by atoms with Crippen LogP contribution < -0.4 is 5.43 Å². The molecule has 0 atom stereocenters. The number of hydrazone groups is 1. The van der Waals surface area contributed by atoms with Crippen molar-refractivity contribution in [3.63, 3.8) is 0 Å². The van der Waals surface area contributed by atoms with Crippen molar-refractivity contribution in [3.8, 4) is 0 Å². The molecular weight excluding hydrogens is 195 g/mol. The average Bonchev–Trinajstić information content (AvgIpc) is 2.21. The van der Waals surface area contributed by atoms with Gasteiger partial charge in [-0.3, -0.25) is 4.79 Å². The normalized spacial score (nSPS) is 10.5. The summed E-state index contributed by atoms with van der Waals surface area (Å²) in [6, 6.07) is 5.86. The highest BCUT2D eigenvalue weighted by molar-refractivity contribution is 5.82. The maximum atomic E-state index is 12.5. The van der Waals surface area contributed by atoms with Crippen LogP contribution in [0.1, 0.15) is 25.3 Å². The van der Waals surface area contributed by atoms with Gasteiger partial charge < -0.3 is 0 Å². The molecule has 0 unspecified atom stereocenters. The summed E-state index contributed by atoms with van der Waals surface area (Å²) in [4.78, 5) is 11.0. The second-order valence-electron chi connectivity index (χ2n) is 3.09. The molecule has 80 valence electrons. The van der Waals surface area contributed by atoms with Gasteiger partial charge in [0.1, 0.15) is 5.82 Å². The molecule has 0 bridgehead atoms. The number of hydrogen-bond donors (Lipinski definition) is 1. The van der Waals surface area contributed by atoms with E-state index < -0.39 is 0 Å². The van der Waals surface area contributed by atoms with Gasteiger partial charge in [0.2, 0.25) is 5.91 Å². The Morgan fingerprint density at radius 3 is 2.73 bits per heavy atom. The summed E-state index contributed by atoms with van der Waals surface area (Å²) in [6.45, 7) is 1.92. The van der Waals surface area contributed by atoms with E-state index in [0.29, 0.717) is 6.42 Å². The Labute approximate surface area is 88.0 Å². The van der Waals surface area contributed by atoms with Crippen LogP contribution in [0.15, 0.2) is 29.4 Å². The molecule has 1 aromatic carbocycles. The standard InChI is InChI=1S/C11H13FN2O/c1-2-3-11(15)14-13-8-9-4-6-10(12)7-5-9/h4-8H,2-3H2,1H3,(H,14,15)/b13-8-. The molecule has 0 fully saturated rings. The van der Waals surface area contributed by atoms with Gasteiger partial charge in [0, 0.05) is 6.42 Å². The fourth-order valence-corrected chi connectivity index (χ4v) is 1.01. The number of nitrogens with one attached hydrogen (secondary N) is 1. The van der Waals surface area contributed by atoms with E-state index in [9.17, 15) is 9.18 Å². The van der Waals surface area contributed by atoms with Crippen LogP contribution in [0.2, 0.25) is 0 Å². The second kappa shape index (κ2) is 5.90. The molecule has 4 heteroatoms. The zero-order chi connectivity index (χ0) is 11.1. The number of rotatable bonds is 4. The van der Waals surface area contributed by atoms with Crippen molar-refractivity contribution < 1.29 is 9.18 Å². The summed E-state index contributed by atoms with van der Waals surface area (Å²) in [5, 5.41) is 3.74. The summed E-state index contributed by atoms with van der Waals surface area (Å²) in [5.74, 6) is -0.405. The Bertz CT molecular complexity index is 346. The molecule has 1 aromatic rings. The van der Waals surface area contributed by atoms with Crippen LogP contribution >= 0.6 is 0 Å². The Morgan fingerprint density at radius 2 is 2.13 bits per heavy atom. The number of amides is 1. The van der Waals surface area contributed by atoms with Gasteiger partial charge >= 0.3 is 0 Å². The molecule has 0 spiro atoms. The number of halogens is 1. The van der Waals surface area contributed by atoms with Gasteiger partial charge in [0.25, 0.3) is 0 Å². The van der Waals surface area contributed by atoms with Crippen LogP contribution in [0.5, 0.6) is 0 Å². The van der Waals surface area contributed by atoms with E-state index in [4.69, 9.17) is 0 Å². The first-order chi connectivity index (χ1) is 7.22. The van der Waals surface area contributed by atoms with Crippen molar-refractivity contribution in [1.82, 2.24) is 5.43 Å². The molecule has 0 radical (unpaired) electrons. The molecule has 1 rings (SSSR count). The van der Waals surface area contributed by atoms with Gasteiger partial charge in [-0.1, -0.05) is 19.1 Å². The van der Waals surface area contributed by atoms with Gasteiger partial charge in [0.05, 0.1) is 6.21 Å². The van der Waals surface area contributed by atoms with Crippen LogP contribution in [0.25, 0.3) is 0 Å². The number of hydrogen-bond acceptors (Lipinski definition) is 2. The van der Waals surface area contributed by atoms with Gasteiger partial charge in [0.15, 0.2) is 0 Å². The van der Waals surface area contributed by atoms with E-state index in [0.717, 1.165) is 12.0 Å². The predicted molar refractivity (Wildman–Crippen MR) is 57.0 cm³/mol. The SMILES string of the molecule is CCCC(=O)N/N=C\c1ccc(F)cc1. The Balaban J connectivity index is 2.44. The minimum absolute atomic E-state index is 0.115. The van der Waals surface area contributed by atoms with Crippen LogP contribution in [0.3, 0.4) is 0 Å². The topological polar surface area (TPSA) is 41.5 Å².